The zero-order chi connectivity index (χ0) is 6.85. The first-order chi connectivity index (χ1) is 4.22. The molecule has 0 fully saturated rings. The number of allylic oxidation sites excluding steroid dienone is 2. The summed E-state index contributed by atoms with van der Waals surface area (Å²) in [4.78, 5) is 0. The minimum absolute atomic E-state index is 0.282. The van der Waals surface area contributed by atoms with Crippen molar-refractivity contribution >= 4 is 11.6 Å². The summed E-state index contributed by atoms with van der Waals surface area (Å²) >= 11 is 5.46. The lowest BCUT2D eigenvalue weighted by molar-refractivity contribution is 0.0764. The highest BCUT2D eigenvalue weighted by Crippen LogP contribution is 2.16. The van der Waals surface area contributed by atoms with Crippen LogP contribution in [0.2, 0.25) is 0 Å². The van der Waals surface area contributed by atoms with Crippen LogP contribution in [0, 0.1) is 0 Å². The highest BCUT2D eigenvalue weighted by molar-refractivity contribution is 6.30. The molecule has 0 spiro atoms. The van der Waals surface area contributed by atoms with Crippen LogP contribution in [-0.4, -0.2) is 22.4 Å². The Hall–Kier alpha value is -0.310. The van der Waals surface area contributed by atoms with Crippen molar-refractivity contribution in [3.8, 4) is 0 Å². The number of hydrogen-bond donors (Lipinski definition) is 2. The van der Waals surface area contributed by atoms with Crippen LogP contribution in [-0.2, 0) is 0 Å². The van der Waals surface area contributed by atoms with Gasteiger partial charge in [0, 0.05) is 5.03 Å². The molecule has 2 atom stereocenters. The molecule has 0 saturated carbocycles. The third kappa shape index (κ3) is 1.33. The SMILES string of the molecule is O[C@@H]1C(Cl)=CC=C[C@@H]1O. The zero-order valence-corrected chi connectivity index (χ0v) is 5.42. The summed E-state index contributed by atoms with van der Waals surface area (Å²) in [5.74, 6) is 0. The molecule has 0 unspecified atom stereocenters. The highest BCUT2D eigenvalue weighted by Gasteiger charge is 2.18. The average Bonchev–Trinajstić information content (AvgIpc) is 1.83. The number of aliphatic hydroxyl groups excluding tert-OH is 2. The quantitative estimate of drug-likeness (QED) is 0.520. The van der Waals surface area contributed by atoms with Gasteiger partial charge in [-0.15, -0.1) is 0 Å². The maximum atomic E-state index is 8.94. The first-order valence-electron chi connectivity index (χ1n) is 2.62. The summed E-state index contributed by atoms with van der Waals surface area (Å²) in [5, 5.41) is 18.1. The second-order valence-corrected chi connectivity index (χ2v) is 2.31. The van der Waals surface area contributed by atoms with E-state index in [1.807, 2.05) is 0 Å². The topological polar surface area (TPSA) is 40.5 Å². The summed E-state index contributed by atoms with van der Waals surface area (Å²) < 4.78 is 0. The molecule has 0 heterocycles. The molecule has 1 rings (SSSR count). The molecule has 3 heteroatoms. The van der Waals surface area contributed by atoms with Gasteiger partial charge in [0.05, 0.1) is 0 Å². The molecule has 0 radical (unpaired) electrons. The third-order valence-corrected chi connectivity index (χ3v) is 1.52. The minimum Gasteiger partial charge on any atom is -0.386 e. The predicted molar refractivity (Wildman–Crippen MR) is 35.1 cm³/mol. The fraction of sp³-hybridized carbons (Fsp3) is 0.333. The molecule has 9 heavy (non-hydrogen) atoms. The Morgan fingerprint density at radius 3 is 2.56 bits per heavy atom. The molecule has 1 aliphatic rings. The van der Waals surface area contributed by atoms with Gasteiger partial charge in [0.25, 0.3) is 0 Å². The summed E-state index contributed by atoms with van der Waals surface area (Å²) in [6, 6.07) is 0. The summed E-state index contributed by atoms with van der Waals surface area (Å²) in [6.45, 7) is 0. The highest BCUT2D eigenvalue weighted by atomic mass is 35.5. The Kier molecular flexibility index (Phi) is 1.90. The first-order valence-corrected chi connectivity index (χ1v) is 2.99. The lowest BCUT2D eigenvalue weighted by Gasteiger charge is -2.15. The number of rotatable bonds is 0. The van der Waals surface area contributed by atoms with E-state index in [4.69, 9.17) is 21.8 Å². The summed E-state index contributed by atoms with van der Waals surface area (Å²) in [7, 11) is 0. The predicted octanol–water partition coefficient (Wildman–Crippen LogP) is 0.401. The third-order valence-electron chi connectivity index (χ3n) is 1.17. The monoisotopic (exact) mass is 146 g/mol. The second kappa shape index (κ2) is 2.52. The molecule has 0 saturated heterocycles. The number of hydrogen-bond acceptors (Lipinski definition) is 2. The minimum atomic E-state index is -0.934. The molecule has 0 amide bonds. The largest absolute Gasteiger partial charge is 0.386 e. The van der Waals surface area contributed by atoms with Crippen molar-refractivity contribution in [1.29, 1.82) is 0 Å². The van der Waals surface area contributed by atoms with Gasteiger partial charge < -0.3 is 10.2 Å². The number of aliphatic hydroxyl groups is 2. The zero-order valence-electron chi connectivity index (χ0n) is 4.66. The molecular weight excluding hydrogens is 140 g/mol. The van der Waals surface area contributed by atoms with Crippen LogP contribution >= 0.6 is 11.6 Å². The van der Waals surface area contributed by atoms with Crippen molar-refractivity contribution in [2.75, 3.05) is 0 Å². The van der Waals surface area contributed by atoms with E-state index in [1.165, 1.54) is 6.08 Å². The van der Waals surface area contributed by atoms with Gasteiger partial charge in [0.1, 0.15) is 12.2 Å². The molecule has 2 nitrogen and oxygen atoms in total. The van der Waals surface area contributed by atoms with E-state index in [1.54, 1.807) is 12.2 Å². The lowest BCUT2D eigenvalue weighted by Crippen LogP contribution is -2.25. The van der Waals surface area contributed by atoms with E-state index >= 15 is 0 Å². The van der Waals surface area contributed by atoms with Gasteiger partial charge in [-0.25, -0.2) is 0 Å². The van der Waals surface area contributed by atoms with Crippen LogP contribution in [0.5, 0.6) is 0 Å². The lowest BCUT2D eigenvalue weighted by atomic mass is 10.1. The molecule has 0 aromatic carbocycles. The molecule has 0 bridgehead atoms. The normalized spacial score (nSPS) is 34.3. The van der Waals surface area contributed by atoms with Crippen LogP contribution in [0.3, 0.4) is 0 Å². The van der Waals surface area contributed by atoms with Gasteiger partial charge in [-0.05, 0) is 6.08 Å². The molecule has 2 N–H and O–H groups in total. The van der Waals surface area contributed by atoms with Crippen molar-refractivity contribution in [3.63, 3.8) is 0 Å². The molecule has 0 aromatic heterocycles. The van der Waals surface area contributed by atoms with Gasteiger partial charge in [0.15, 0.2) is 0 Å². The Morgan fingerprint density at radius 2 is 2.11 bits per heavy atom. The molecular formula is C6H7ClO2. The fourth-order valence-corrected chi connectivity index (χ4v) is 0.830. The van der Waals surface area contributed by atoms with Crippen molar-refractivity contribution in [3.05, 3.63) is 23.3 Å². The molecule has 0 aliphatic heterocycles. The van der Waals surface area contributed by atoms with Gasteiger partial charge in [-0.1, -0.05) is 23.8 Å². The van der Waals surface area contributed by atoms with Gasteiger partial charge >= 0.3 is 0 Å². The maximum Gasteiger partial charge on any atom is 0.119 e. The molecule has 1 aliphatic carbocycles. The molecule has 0 aromatic rings. The van der Waals surface area contributed by atoms with E-state index in [2.05, 4.69) is 0 Å². The van der Waals surface area contributed by atoms with Gasteiger partial charge in [-0.2, -0.15) is 0 Å². The van der Waals surface area contributed by atoms with Crippen molar-refractivity contribution in [2.45, 2.75) is 12.2 Å². The first kappa shape index (κ1) is 6.81. The average molecular weight is 147 g/mol. The Balaban J connectivity index is 2.73. The van der Waals surface area contributed by atoms with Crippen LogP contribution in [0.1, 0.15) is 0 Å². The van der Waals surface area contributed by atoms with Gasteiger partial charge in [-0.3, -0.25) is 0 Å². The van der Waals surface area contributed by atoms with Crippen LogP contribution in [0.15, 0.2) is 23.3 Å². The van der Waals surface area contributed by atoms with E-state index in [0.717, 1.165) is 0 Å². The summed E-state index contributed by atoms with van der Waals surface area (Å²) in [5.41, 5.74) is 0. The van der Waals surface area contributed by atoms with Crippen LogP contribution in [0.4, 0.5) is 0 Å². The van der Waals surface area contributed by atoms with Crippen LogP contribution in [0.25, 0.3) is 0 Å². The number of halogens is 1. The summed E-state index contributed by atoms with van der Waals surface area (Å²) in [6.07, 6.45) is 2.87. The van der Waals surface area contributed by atoms with Crippen molar-refractivity contribution < 1.29 is 10.2 Å². The van der Waals surface area contributed by atoms with E-state index in [9.17, 15) is 0 Å². The Morgan fingerprint density at radius 1 is 1.44 bits per heavy atom. The van der Waals surface area contributed by atoms with Crippen molar-refractivity contribution in [1.82, 2.24) is 0 Å². The Bertz CT molecular complexity index is 162. The smallest absolute Gasteiger partial charge is 0.119 e. The van der Waals surface area contributed by atoms with E-state index in [-0.39, 0.29) is 5.03 Å². The standard InChI is InChI=1S/C6H7ClO2/c7-4-2-1-3-5(8)6(4)9/h1-3,5-6,8-9H/t5-,6+/m0/s1. The Labute approximate surface area is 58.1 Å². The molecule has 50 valence electrons. The van der Waals surface area contributed by atoms with Crippen molar-refractivity contribution in [2.24, 2.45) is 0 Å². The van der Waals surface area contributed by atoms with Crippen LogP contribution < -0.4 is 0 Å². The van der Waals surface area contributed by atoms with E-state index < -0.39 is 12.2 Å². The van der Waals surface area contributed by atoms with E-state index in [0.29, 0.717) is 0 Å². The second-order valence-electron chi connectivity index (χ2n) is 1.87. The van der Waals surface area contributed by atoms with Gasteiger partial charge in [0.2, 0.25) is 0 Å². The fourth-order valence-electron chi connectivity index (χ4n) is 0.628. The maximum absolute atomic E-state index is 8.94.